The molecule has 6 heteroatoms. The van der Waals surface area contributed by atoms with E-state index in [-0.39, 0.29) is 11.9 Å². The van der Waals surface area contributed by atoms with Crippen molar-refractivity contribution in [3.63, 3.8) is 0 Å². The number of nitrogens with zero attached hydrogens (tertiary/aromatic N) is 2. The lowest BCUT2D eigenvalue weighted by Crippen LogP contribution is -2.18. The van der Waals surface area contributed by atoms with Gasteiger partial charge in [0.25, 0.3) is 5.22 Å². The van der Waals surface area contributed by atoms with E-state index < -0.39 is 0 Å². The van der Waals surface area contributed by atoms with Gasteiger partial charge in [0.15, 0.2) is 0 Å². The smallest absolute Gasteiger partial charge is 0.281 e. The predicted octanol–water partition coefficient (Wildman–Crippen LogP) is 3.65. The van der Waals surface area contributed by atoms with E-state index in [2.05, 4.69) is 15.5 Å². The molecule has 1 N–H and O–H groups in total. The zero-order valence-electron chi connectivity index (χ0n) is 12.0. The van der Waals surface area contributed by atoms with Gasteiger partial charge in [0, 0.05) is 17.9 Å². The van der Waals surface area contributed by atoms with Crippen molar-refractivity contribution in [2.24, 2.45) is 0 Å². The van der Waals surface area contributed by atoms with E-state index in [4.69, 9.17) is 4.42 Å². The van der Waals surface area contributed by atoms with Gasteiger partial charge >= 0.3 is 0 Å². The fraction of sp³-hybridized carbons (Fsp3) is 0.429. The summed E-state index contributed by atoms with van der Waals surface area (Å²) >= 11 is 1.37. The minimum absolute atomic E-state index is 0.0571. The van der Waals surface area contributed by atoms with Crippen LogP contribution in [0.1, 0.15) is 36.9 Å². The van der Waals surface area contributed by atoms with Crippen molar-refractivity contribution in [3.05, 3.63) is 35.0 Å². The van der Waals surface area contributed by atoms with E-state index in [1.54, 1.807) is 19.9 Å². The number of aryl methyl sites for hydroxylation is 2. The summed E-state index contributed by atoms with van der Waals surface area (Å²) in [5.41, 5.74) is 1.51. The molecule has 4 nitrogen and oxygen atoms in total. The quantitative estimate of drug-likeness (QED) is 0.912. The number of benzene rings is 1. The van der Waals surface area contributed by atoms with E-state index in [0.29, 0.717) is 16.7 Å². The zero-order valence-corrected chi connectivity index (χ0v) is 12.8. The number of halogens is 1. The van der Waals surface area contributed by atoms with Crippen LogP contribution in [-0.2, 0) is 0 Å². The average molecular weight is 295 g/mol. The highest BCUT2D eigenvalue weighted by Crippen LogP contribution is 2.34. The second kappa shape index (κ2) is 6.37. The Balaban J connectivity index is 2.36. The van der Waals surface area contributed by atoms with Gasteiger partial charge in [-0.2, -0.15) is 0 Å². The topological polar surface area (TPSA) is 51.0 Å². The van der Waals surface area contributed by atoms with Gasteiger partial charge in [0.1, 0.15) is 5.82 Å². The minimum Gasteiger partial charge on any atom is -0.416 e. The van der Waals surface area contributed by atoms with Crippen molar-refractivity contribution in [2.75, 3.05) is 6.54 Å². The number of hydrogen-bond acceptors (Lipinski definition) is 5. The largest absolute Gasteiger partial charge is 0.416 e. The molecule has 0 bridgehead atoms. The highest BCUT2D eigenvalue weighted by molar-refractivity contribution is 7.99. The fourth-order valence-corrected chi connectivity index (χ4v) is 2.95. The van der Waals surface area contributed by atoms with Crippen LogP contribution in [0.15, 0.2) is 26.7 Å². The summed E-state index contributed by atoms with van der Waals surface area (Å²) in [6.45, 7) is 8.35. The molecule has 20 heavy (non-hydrogen) atoms. The molecule has 1 atom stereocenters. The molecule has 2 aromatic rings. The van der Waals surface area contributed by atoms with Crippen molar-refractivity contribution < 1.29 is 8.81 Å². The Bertz CT molecular complexity index is 600. The normalized spacial score (nSPS) is 12.7. The minimum atomic E-state index is -0.198. The first-order valence-electron chi connectivity index (χ1n) is 6.52. The zero-order chi connectivity index (χ0) is 14.7. The maximum Gasteiger partial charge on any atom is 0.281 e. The van der Waals surface area contributed by atoms with Gasteiger partial charge in [0.05, 0.1) is 0 Å². The second-order valence-electron chi connectivity index (χ2n) is 4.61. The van der Waals surface area contributed by atoms with Crippen molar-refractivity contribution in [3.8, 4) is 0 Å². The summed E-state index contributed by atoms with van der Waals surface area (Å²) in [7, 11) is 0. The van der Waals surface area contributed by atoms with Gasteiger partial charge < -0.3 is 9.73 Å². The first kappa shape index (κ1) is 15.0. The van der Waals surface area contributed by atoms with E-state index in [0.717, 1.165) is 17.0 Å². The molecule has 0 saturated carbocycles. The molecule has 2 rings (SSSR count). The number of nitrogens with one attached hydrogen (secondary N) is 1. The Morgan fingerprint density at radius 1 is 1.35 bits per heavy atom. The van der Waals surface area contributed by atoms with Gasteiger partial charge in [-0.05, 0) is 55.4 Å². The second-order valence-corrected chi connectivity index (χ2v) is 5.60. The first-order chi connectivity index (χ1) is 9.51. The Morgan fingerprint density at radius 3 is 2.70 bits per heavy atom. The van der Waals surface area contributed by atoms with Crippen LogP contribution in [0.25, 0.3) is 0 Å². The molecule has 108 valence electrons. The maximum atomic E-state index is 13.8. The van der Waals surface area contributed by atoms with Crippen LogP contribution in [0.3, 0.4) is 0 Å². The molecule has 0 amide bonds. The van der Waals surface area contributed by atoms with Crippen LogP contribution < -0.4 is 5.32 Å². The lowest BCUT2D eigenvalue weighted by Gasteiger charge is -2.17. The van der Waals surface area contributed by atoms with Gasteiger partial charge in [-0.3, -0.25) is 0 Å². The Kier molecular flexibility index (Phi) is 4.77. The summed E-state index contributed by atoms with van der Waals surface area (Å²) in [6.07, 6.45) is 0. The summed E-state index contributed by atoms with van der Waals surface area (Å²) in [4.78, 5) is 0.931. The molecular formula is C14H18FN3OS. The predicted molar refractivity (Wildman–Crippen MR) is 76.4 cm³/mol. The molecule has 0 spiro atoms. The molecule has 0 radical (unpaired) electrons. The summed E-state index contributed by atoms with van der Waals surface area (Å²) in [5.74, 6) is 0.323. The van der Waals surface area contributed by atoms with Crippen LogP contribution in [0.5, 0.6) is 0 Å². The maximum absolute atomic E-state index is 13.8. The fourth-order valence-electron chi connectivity index (χ4n) is 1.93. The Morgan fingerprint density at radius 2 is 2.10 bits per heavy atom. The molecule has 0 saturated heterocycles. The molecule has 0 aliphatic carbocycles. The lowest BCUT2D eigenvalue weighted by molar-refractivity contribution is 0.429. The molecule has 1 aromatic heterocycles. The van der Waals surface area contributed by atoms with E-state index in [1.165, 1.54) is 11.8 Å². The van der Waals surface area contributed by atoms with Crippen LogP contribution in [0, 0.1) is 19.7 Å². The first-order valence-corrected chi connectivity index (χ1v) is 7.34. The lowest BCUT2D eigenvalue weighted by atomic mass is 10.1. The number of rotatable bonds is 5. The van der Waals surface area contributed by atoms with Gasteiger partial charge in [0.2, 0.25) is 5.89 Å². The van der Waals surface area contributed by atoms with E-state index in [1.807, 2.05) is 19.9 Å². The molecule has 1 heterocycles. The van der Waals surface area contributed by atoms with Gasteiger partial charge in [-0.1, -0.05) is 6.92 Å². The SMILES string of the molecule is CCNC(C)c1cc(F)c(C)cc1Sc1nnc(C)o1. The summed E-state index contributed by atoms with van der Waals surface area (Å²) in [5, 5.41) is 11.5. The van der Waals surface area contributed by atoms with Crippen LogP contribution in [-0.4, -0.2) is 16.7 Å². The number of aromatic nitrogens is 2. The standard InChI is InChI=1S/C14H18FN3OS/c1-5-16-9(3)11-7-12(15)8(2)6-13(11)20-14-18-17-10(4)19-14/h6-7,9,16H,5H2,1-4H3. The Labute approximate surface area is 122 Å². The highest BCUT2D eigenvalue weighted by atomic mass is 32.2. The van der Waals surface area contributed by atoms with Gasteiger partial charge in [-0.15, -0.1) is 10.2 Å². The summed E-state index contributed by atoms with van der Waals surface area (Å²) in [6, 6.07) is 3.46. The summed E-state index contributed by atoms with van der Waals surface area (Å²) < 4.78 is 19.2. The molecule has 1 aromatic carbocycles. The number of hydrogen-bond donors (Lipinski definition) is 1. The van der Waals surface area contributed by atoms with Crippen LogP contribution in [0.2, 0.25) is 0 Å². The molecule has 0 fully saturated rings. The van der Waals surface area contributed by atoms with Crippen molar-refractivity contribution >= 4 is 11.8 Å². The van der Waals surface area contributed by atoms with Crippen molar-refractivity contribution in [1.29, 1.82) is 0 Å². The average Bonchev–Trinajstić information content (AvgIpc) is 2.79. The Hall–Kier alpha value is -1.40. The monoisotopic (exact) mass is 295 g/mol. The molecular weight excluding hydrogens is 277 g/mol. The van der Waals surface area contributed by atoms with Gasteiger partial charge in [-0.25, -0.2) is 4.39 Å². The highest BCUT2D eigenvalue weighted by Gasteiger charge is 2.16. The van der Waals surface area contributed by atoms with Crippen molar-refractivity contribution in [2.45, 2.75) is 43.9 Å². The van der Waals surface area contributed by atoms with E-state index >= 15 is 0 Å². The molecule has 0 aliphatic rings. The third kappa shape index (κ3) is 3.37. The van der Waals surface area contributed by atoms with Crippen molar-refractivity contribution in [1.82, 2.24) is 15.5 Å². The molecule has 1 unspecified atom stereocenters. The molecule has 0 aliphatic heterocycles. The van der Waals surface area contributed by atoms with E-state index in [9.17, 15) is 4.39 Å². The van der Waals surface area contributed by atoms with Crippen LogP contribution >= 0.6 is 11.8 Å². The third-order valence-electron chi connectivity index (χ3n) is 2.97. The third-order valence-corrected chi connectivity index (χ3v) is 3.89. The van der Waals surface area contributed by atoms with Crippen LogP contribution in [0.4, 0.5) is 4.39 Å².